The van der Waals surface area contributed by atoms with Gasteiger partial charge in [-0.05, 0) is 6.42 Å². The standard InChI is InChI=1S/C5H11NO3S/c1-3-4-6-5(7)10(2,8)9/h3-4H2,1-2H3,(H,6,7). The molecule has 0 unspecified atom stereocenters. The molecular weight excluding hydrogens is 154 g/mol. The summed E-state index contributed by atoms with van der Waals surface area (Å²) >= 11 is 0. The van der Waals surface area contributed by atoms with E-state index in [9.17, 15) is 13.2 Å². The highest BCUT2D eigenvalue weighted by molar-refractivity contribution is 8.05. The molecule has 0 spiro atoms. The molecule has 60 valence electrons. The number of hydrogen-bond donors (Lipinski definition) is 1. The smallest absolute Gasteiger partial charge is 0.336 e. The van der Waals surface area contributed by atoms with Crippen molar-refractivity contribution in [2.75, 3.05) is 12.8 Å². The van der Waals surface area contributed by atoms with Crippen LogP contribution >= 0.6 is 0 Å². The van der Waals surface area contributed by atoms with Gasteiger partial charge in [-0.2, -0.15) is 0 Å². The Bertz CT molecular complexity index is 207. The number of carbonyl (C=O) groups excluding carboxylic acids is 1. The third-order valence-electron chi connectivity index (χ3n) is 0.856. The molecule has 1 N–H and O–H groups in total. The van der Waals surface area contributed by atoms with Gasteiger partial charge in [0.15, 0.2) is 0 Å². The number of sulfone groups is 1. The predicted octanol–water partition coefficient (Wildman–Crippen LogP) is 0.151. The molecule has 0 aliphatic heterocycles. The Morgan fingerprint density at radius 2 is 2.00 bits per heavy atom. The summed E-state index contributed by atoms with van der Waals surface area (Å²) in [5.74, 6) is 0. The second-order valence-electron chi connectivity index (χ2n) is 1.99. The van der Waals surface area contributed by atoms with E-state index in [2.05, 4.69) is 5.32 Å². The number of nitrogens with one attached hydrogen (secondary N) is 1. The SMILES string of the molecule is CCCNC(=O)S(C)(=O)=O. The molecule has 0 heterocycles. The van der Waals surface area contributed by atoms with E-state index in [4.69, 9.17) is 0 Å². The van der Waals surface area contributed by atoms with E-state index in [1.54, 1.807) is 0 Å². The van der Waals surface area contributed by atoms with Gasteiger partial charge in [-0.15, -0.1) is 0 Å². The maximum absolute atomic E-state index is 10.5. The third-order valence-corrected chi connectivity index (χ3v) is 1.67. The molecule has 0 bridgehead atoms. The quantitative estimate of drug-likeness (QED) is 0.633. The Hall–Kier alpha value is -0.580. The molecule has 0 aromatic heterocycles. The average Bonchev–Trinajstić information content (AvgIpc) is 1.80. The van der Waals surface area contributed by atoms with Crippen LogP contribution in [0.2, 0.25) is 0 Å². The predicted molar refractivity (Wildman–Crippen MR) is 38.5 cm³/mol. The van der Waals surface area contributed by atoms with Crippen LogP contribution in [-0.4, -0.2) is 26.5 Å². The minimum Gasteiger partial charge on any atom is -0.343 e. The van der Waals surface area contributed by atoms with Crippen LogP contribution in [0.4, 0.5) is 4.79 Å². The zero-order valence-electron chi connectivity index (χ0n) is 6.05. The lowest BCUT2D eigenvalue weighted by Crippen LogP contribution is -2.29. The van der Waals surface area contributed by atoms with E-state index < -0.39 is 15.1 Å². The molecule has 0 rings (SSSR count). The van der Waals surface area contributed by atoms with Crippen LogP contribution < -0.4 is 5.32 Å². The topological polar surface area (TPSA) is 63.2 Å². The summed E-state index contributed by atoms with van der Waals surface area (Å²) < 4.78 is 20.9. The summed E-state index contributed by atoms with van der Waals surface area (Å²) in [6.07, 6.45) is 1.62. The lowest BCUT2D eigenvalue weighted by atomic mass is 10.5. The molecule has 0 aromatic rings. The second kappa shape index (κ2) is 3.55. The Morgan fingerprint density at radius 1 is 1.50 bits per heavy atom. The molecule has 0 aromatic carbocycles. The van der Waals surface area contributed by atoms with Gasteiger partial charge in [-0.1, -0.05) is 6.92 Å². The van der Waals surface area contributed by atoms with Crippen LogP contribution in [0.15, 0.2) is 0 Å². The fraction of sp³-hybridized carbons (Fsp3) is 0.800. The lowest BCUT2D eigenvalue weighted by molar-refractivity contribution is 0.258. The van der Waals surface area contributed by atoms with Crippen LogP contribution in [0.1, 0.15) is 13.3 Å². The van der Waals surface area contributed by atoms with Gasteiger partial charge in [0.05, 0.1) is 0 Å². The van der Waals surface area contributed by atoms with Gasteiger partial charge in [0.1, 0.15) is 0 Å². The largest absolute Gasteiger partial charge is 0.343 e. The molecule has 0 saturated carbocycles. The van der Waals surface area contributed by atoms with Crippen LogP contribution in [-0.2, 0) is 9.84 Å². The maximum Gasteiger partial charge on any atom is 0.336 e. The molecule has 5 heteroatoms. The fourth-order valence-electron chi connectivity index (χ4n) is 0.358. The van der Waals surface area contributed by atoms with E-state index in [1.165, 1.54) is 0 Å². The second-order valence-corrected chi connectivity index (χ2v) is 3.90. The number of amides is 1. The number of carbonyl (C=O) groups is 1. The molecule has 0 aliphatic rings. The Labute approximate surface area is 60.5 Å². The van der Waals surface area contributed by atoms with Crippen molar-refractivity contribution in [3.8, 4) is 0 Å². The van der Waals surface area contributed by atoms with Crippen molar-refractivity contribution in [2.45, 2.75) is 13.3 Å². The van der Waals surface area contributed by atoms with Crippen molar-refractivity contribution >= 4 is 15.1 Å². The van der Waals surface area contributed by atoms with Gasteiger partial charge >= 0.3 is 5.24 Å². The van der Waals surface area contributed by atoms with E-state index >= 15 is 0 Å². The normalized spacial score (nSPS) is 11.0. The van der Waals surface area contributed by atoms with Gasteiger partial charge in [0.25, 0.3) is 0 Å². The zero-order chi connectivity index (χ0) is 8.20. The minimum absolute atomic E-state index is 0.409. The molecule has 0 radical (unpaired) electrons. The summed E-state index contributed by atoms with van der Waals surface area (Å²) in [5.41, 5.74) is 0. The fourth-order valence-corrected chi connectivity index (χ4v) is 0.722. The van der Waals surface area contributed by atoms with Crippen molar-refractivity contribution in [1.82, 2.24) is 5.32 Å². The van der Waals surface area contributed by atoms with E-state index in [0.29, 0.717) is 6.54 Å². The highest BCUT2D eigenvalue weighted by atomic mass is 32.2. The molecule has 10 heavy (non-hydrogen) atoms. The molecule has 1 amide bonds. The summed E-state index contributed by atoms with van der Waals surface area (Å²) in [6.45, 7) is 2.26. The molecule has 0 fully saturated rings. The molecule has 4 nitrogen and oxygen atoms in total. The summed E-state index contributed by atoms with van der Waals surface area (Å²) in [6, 6.07) is 0. The first-order valence-corrected chi connectivity index (χ1v) is 4.85. The monoisotopic (exact) mass is 165 g/mol. The minimum atomic E-state index is -3.53. The van der Waals surface area contributed by atoms with Gasteiger partial charge in [0, 0.05) is 12.8 Å². The van der Waals surface area contributed by atoms with Crippen LogP contribution in [0.3, 0.4) is 0 Å². The highest BCUT2D eigenvalue weighted by Gasteiger charge is 2.12. The average molecular weight is 165 g/mol. The van der Waals surface area contributed by atoms with Gasteiger partial charge in [-0.3, -0.25) is 4.79 Å². The van der Waals surface area contributed by atoms with Crippen molar-refractivity contribution in [3.63, 3.8) is 0 Å². The summed E-state index contributed by atoms with van der Waals surface area (Å²) in [5, 5.41) is 1.35. The highest BCUT2D eigenvalue weighted by Crippen LogP contribution is 1.84. The molecular formula is C5H11NO3S. The van der Waals surface area contributed by atoms with E-state index in [-0.39, 0.29) is 0 Å². The lowest BCUT2D eigenvalue weighted by Gasteiger charge is -1.98. The number of hydrogen-bond acceptors (Lipinski definition) is 3. The van der Waals surface area contributed by atoms with E-state index in [0.717, 1.165) is 12.7 Å². The first-order valence-electron chi connectivity index (χ1n) is 2.96. The van der Waals surface area contributed by atoms with Gasteiger partial charge in [0.2, 0.25) is 9.84 Å². The number of rotatable bonds is 2. The molecule has 0 aliphatic carbocycles. The summed E-state index contributed by atoms with van der Waals surface area (Å²) in [7, 11) is -3.53. The van der Waals surface area contributed by atoms with E-state index in [1.807, 2.05) is 6.92 Å². The Balaban J connectivity index is 3.88. The molecule has 0 saturated heterocycles. The van der Waals surface area contributed by atoms with Crippen LogP contribution in [0.25, 0.3) is 0 Å². The Kier molecular flexibility index (Phi) is 3.35. The van der Waals surface area contributed by atoms with Crippen molar-refractivity contribution < 1.29 is 13.2 Å². The zero-order valence-corrected chi connectivity index (χ0v) is 6.86. The van der Waals surface area contributed by atoms with Crippen LogP contribution in [0, 0.1) is 0 Å². The third kappa shape index (κ3) is 3.45. The van der Waals surface area contributed by atoms with Crippen molar-refractivity contribution in [3.05, 3.63) is 0 Å². The van der Waals surface area contributed by atoms with Crippen molar-refractivity contribution in [1.29, 1.82) is 0 Å². The summed E-state index contributed by atoms with van der Waals surface area (Å²) in [4.78, 5) is 10.5. The van der Waals surface area contributed by atoms with Crippen molar-refractivity contribution in [2.24, 2.45) is 0 Å². The Morgan fingerprint density at radius 3 is 2.30 bits per heavy atom. The first kappa shape index (κ1) is 9.42. The first-order chi connectivity index (χ1) is 4.48. The van der Waals surface area contributed by atoms with Gasteiger partial charge < -0.3 is 5.32 Å². The molecule has 0 atom stereocenters. The maximum atomic E-state index is 10.5. The van der Waals surface area contributed by atoms with Gasteiger partial charge in [-0.25, -0.2) is 8.42 Å². The van der Waals surface area contributed by atoms with Crippen LogP contribution in [0.5, 0.6) is 0 Å².